The molecular weight excluding hydrogens is 294 g/mol. The van der Waals surface area contributed by atoms with Gasteiger partial charge < -0.3 is 11.1 Å². The fraction of sp³-hybridized carbons (Fsp3) is 0.0769. The molecule has 3 N–H and O–H groups in total. The Kier molecular flexibility index (Phi) is 3.94. The fourth-order valence-electron chi connectivity index (χ4n) is 1.45. The van der Waals surface area contributed by atoms with E-state index < -0.39 is 0 Å². The van der Waals surface area contributed by atoms with E-state index in [4.69, 9.17) is 5.73 Å². The molecule has 18 heavy (non-hydrogen) atoms. The highest BCUT2D eigenvalue weighted by Gasteiger charge is 2.10. The molecule has 0 spiro atoms. The first-order valence-electron chi connectivity index (χ1n) is 5.40. The number of nitrogens with one attached hydrogen (secondary N) is 1. The molecule has 1 aromatic heterocycles. The molecule has 5 heteroatoms. The summed E-state index contributed by atoms with van der Waals surface area (Å²) in [6.07, 6.45) is 1.59. The smallest absolute Gasteiger partial charge is 0.271 e. The Morgan fingerprint density at radius 2 is 2.00 bits per heavy atom. The lowest BCUT2D eigenvalue weighted by molar-refractivity contribution is 0.0945. The standard InChI is InChI=1S/C13H12BrN3O/c14-11-2-1-7-16-12(11)13(18)17-8-9-3-5-10(15)6-4-9/h1-7H,8,15H2,(H,17,18). The molecule has 92 valence electrons. The SMILES string of the molecule is Nc1ccc(CNC(=O)c2ncccc2Br)cc1. The second kappa shape index (κ2) is 5.64. The lowest BCUT2D eigenvalue weighted by Crippen LogP contribution is -2.24. The molecule has 2 aromatic rings. The Labute approximate surface area is 113 Å². The van der Waals surface area contributed by atoms with Gasteiger partial charge in [-0.15, -0.1) is 0 Å². The quantitative estimate of drug-likeness (QED) is 0.855. The second-order valence-electron chi connectivity index (χ2n) is 3.76. The number of aromatic nitrogens is 1. The maximum atomic E-state index is 11.9. The minimum Gasteiger partial charge on any atom is -0.399 e. The molecule has 0 bridgehead atoms. The van der Waals surface area contributed by atoms with Crippen LogP contribution in [0.25, 0.3) is 0 Å². The van der Waals surface area contributed by atoms with Gasteiger partial charge in [-0.25, -0.2) is 4.98 Å². The predicted octanol–water partition coefficient (Wildman–Crippen LogP) is 2.36. The lowest BCUT2D eigenvalue weighted by Gasteiger charge is -2.06. The van der Waals surface area contributed by atoms with Crippen LogP contribution in [0.2, 0.25) is 0 Å². The summed E-state index contributed by atoms with van der Waals surface area (Å²) in [6.45, 7) is 0.447. The number of carbonyl (C=O) groups excluding carboxylic acids is 1. The average Bonchev–Trinajstić information content (AvgIpc) is 2.38. The number of carbonyl (C=O) groups is 1. The number of nitrogen functional groups attached to an aromatic ring is 1. The molecule has 1 amide bonds. The van der Waals surface area contributed by atoms with Crippen LogP contribution in [0, 0.1) is 0 Å². The first-order chi connectivity index (χ1) is 8.66. The summed E-state index contributed by atoms with van der Waals surface area (Å²) in [5.41, 5.74) is 7.67. The molecule has 1 aromatic carbocycles. The van der Waals surface area contributed by atoms with Crippen molar-refractivity contribution in [3.05, 3.63) is 58.3 Å². The van der Waals surface area contributed by atoms with E-state index in [9.17, 15) is 4.79 Å². The van der Waals surface area contributed by atoms with Crippen LogP contribution in [-0.4, -0.2) is 10.9 Å². The summed E-state index contributed by atoms with van der Waals surface area (Å²) in [4.78, 5) is 15.9. The molecule has 0 saturated heterocycles. The van der Waals surface area contributed by atoms with Crippen molar-refractivity contribution >= 4 is 27.5 Å². The van der Waals surface area contributed by atoms with Crippen LogP contribution in [0.3, 0.4) is 0 Å². The van der Waals surface area contributed by atoms with Crippen molar-refractivity contribution in [3.63, 3.8) is 0 Å². The molecule has 0 atom stereocenters. The van der Waals surface area contributed by atoms with Crippen LogP contribution in [-0.2, 0) is 6.54 Å². The molecule has 0 aliphatic heterocycles. The van der Waals surface area contributed by atoms with Crippen LogP contribution >= 0.6 is 15.9 Å². The summed E-state index contributed by atoms with van der Waals surface area (Å²) < 4.78 is 0.680. The van der Waals surface area contributed by atoms with Crippen LogP contribution in [0.4, 0.5) is 5.69 Å². The van der Waals surface area contributed by atoms with Crippen molar-refractivity contribution < 1.29 is 4.79 Å². The molecule has 0 fully saturated rings. The van der Waals surface area contributed by atoms with E-state index in [1.165, 1.54) is 0 Å². The van der Waals surface area contributed by atoms with E-state index in [1.54, 1.807) is 30.5 Å². The predicted molar refractivity (Wildman–Crippen MR) is 74.0 cm³/mol. The molecule has 0 saturated carbocycles. The van der Waals surface area contributed by atoms with E-state index in [-0.39, 0.29) is 5.91 Å². The van der Waals surface area contributed by atoms with Gasteiger partial charge in [0.25, 0.3) is 5.91 Å². The summed E-state index contributed by atoms with van der Waals surface area (Å²) in [7, 11) is 0. The van der Waals surface area contributed by atoms with Crippen molar-refractivity contribution in [2.45, 2.75) is 6.54 Å². The highest BCUT2D eigenvalue weighted by atomic mass is 79.9. The summed E-state index contributed by atoms with van der Waals surface area (Å²) in [6, 6.07) is 10.9. The number of benzene rings is 1. The minimum absolute atomic E-state index is 0.209. The molecule has 0 aliphatic rings. The highest BCUT2D eigenvalue weighted by Crippen LogP contribution is 2.13. The number of pyridine rings is 1. The van der Waals surface area contributed by atoms with E-state index in [0.29, 0.717) is 22.4 Å². The van der Waals surface area contributed by atoms with E-state index >= 15 is 0 Å². The van der Waals surface area contributed by atoms with Crippen molar-refractivity contribution in [2.24, 2.45) is 0 Å². The normalized spacial score (nSPS) is 10.1. The maximum Gasteiger partial charge on any atom is 0.271 e. The number of amides is 1. The second-order valence-corrected chi connectivity index (χ2v) is 4.61. The van der Waals surface area contributed by atoms with Crippen molar-refractivity contribution in [2.75, 3.05) is 5.73 Å². The molecule has 0 aliphatic carbocycles. The number of anilines is 1. The van der Waals surface area contributed by atoms with Gasteiger partial charge in [-0.1, -0.05) is 12.1 Å². The number of hydrogen-bond acceptors (Lipinski definition) is 3. The Morgan fingerprint density at radius 3 is 2.67 bits per heavy atom. The van der Waals surface area contributed by atoms with Crippen molar-refractivity contribution in [1.29, 1.82) is 0 Å². The molecule has 0 unspecified atom stereocenters. The zero-order valence-electron chi connectivity index (χ0n) is 9.56. The largest absolute Gasteiger partial charge is 0.399 e. The first-order valence-corrected chi connectivity index (χ1v) is 6.19. The van der Waals surface area contributed by atoms with Crippen LogP contribution in [0.5, 0.6) is 0 Å². The third-order valence-corrected chi connectivity index (χ3v) is 3.05. The van der Waals surface area contributed by atoms with Gasteiger partial charge >= 0.3 is 0 Å². The Hall–Kier alpha value is -1.88. The Morgan fingerprint density at radius 1 is 1.28 bits per heavy atom. The summed E-state index contributed by atoms with van der Waals surface area (Å²) in [5.74, 6) is -0.209. The number of halogens is 1. The van der Waals surface area contributed by atoms with Gasteiger partial charge in [0.05, 0.1) is 0 Å². The van der Waals surface area contributed by atoms with Gasteiger partial charge in [-0.2, -0.15) is 0 Å². The van der Waals surface area contributed by atoms with Gasteiger partial charge in [-0.3, -0.25) is 4.79 Å². The topological polar surface area (TPSA) is 68.0 Å². The van der Waals surface area contributed by atoms with Crippen molar-refractivity contribution in [1.82, 2.24) is 10.3 Å². The number of nitrogens with zero attached hydrogens (tertiary/aromatic N) is 1. The highest BCUT2D eigenvalue weighted by molar-refractivity contribution is 9.10. The zero-order valence-corrected chi connectivity index (χ0v) is 11.1. The van der Waals surface area contributed by atoms with Gasteiger partial charge in [0, 0.05) is 22.9 Å². The Balaban J connectivity index is 2.01. The Bertz CT molecular complexity index is 554. The van der Waals surface area contributed by atoms with E-state index in [2.05, 4.69) is 26.2 Å². The van der Waals surface area contributed by atoms with Crippen LogP contribution < -0.4 is 11.1 Å². The first kappa shape index (κ1) is 12.6. The number of hydrogen-bond donors (Lipinski definition) is 2. The maximum absolute atomic E-state index is 11.9. The third-order valence-electron chi connectivity index (χ3n) is 2.41. The van der Waals surface area contributed by atoms with Gasteiger partial charge in [-0.05, 0) is 45.8 Å². The van der Waals surface area contributed by atoms with Gasteiger partial charge in [0.15, 0.2) is 0 Å². The monoisotopic (exact) mass is 305 g/mol. The van der Waals surface area contributed by atoms with Crippen LogP contribution in [0.15, 0.2) is 47.1 Å². The van der Waals surface area contributed by atoms with E-state index in [1.807, 2.05) is 12.1 Å². The van der Waals surface area contributed by atoms with E-state index in [0.717, 1.165) is 5.56 Å². The van der Waals surface area contributed by atoms with Crippen molar-refractivity contribution in [3.8, 4) is 0 Å². The molecular formula is C13H12BrN3O. The van der Waals surface area contributed by atoms with Gasteiger partial charge in [0.2, 0.25) is 0 Å². The zero-order chi connectivity index (χ0) is 13.0. The number of rotatable bonds is 3. The number of nitrogens with two attached hydrogens (primary N) is 1. The lowest BCUT2D eigenvalue weighted by atomic mass is 10.2. The minimum atomic E-state index is -0.209. The summed E-state index contributed by atoms with van der Waals surface area (Å²) >= 11 is 3.29. The van der Waals surface area contributed by atoms with Crippen LogP contribution in [0.1, 0.15) is 16.1 Å². The molecule has 4 nitrogen and oxygen atoms in total. The molecule has 1 heterocycles. The fourth-order valence-corrected chi connectivity index (χ4v) is 1.89. The summed E-state index contributed by atoms with van der Waals surface area (Å²) in [5, 5.41) is 2.80. The molecule has 2 rings (SSSR count). The van der Waals surface area contributed by atoms with Gasteiger partial charge in [0.1, 0.15) is 5.69 Å². The third kappa shape index (κ3) is 3.07. The average molecular weight is 306 g/mol. The molecule has 0 radical (unpaired) electrons.